The molecule has 0 bridgehead atoms. The van der Waals surface area contributed by atoms with Crippen LogP contribution >= 0.6 is 11.3 Å². The van der Waals surface area contributed by atoms with E-state index in [2.05, 4.69) is 15.5 Å². The normalized spacial score (nSPS) is 12.2. The van der Waals surface area contributed by atoms with E-state index < -0.39 is 12.0 Å². The Morgan fingerprint density at radius 3 is 2.84 bits per heavy atom. The van der Waals surface area contributed by atoms with Gasteiger partial charge in [0.25, 0.3) is 5.91 Å². The van der Waals surface area contributed by atoms with Crippen molar-refractivity contribution in [1.82, 2.24) is 10.2 Å². The largest absolute Gasteiger partial charge is 0.384 e. The van der Waals surface area contributed by atoms with Crippen LogP contribution in [0.4, 0.5) is 5.13 Å². The zero-order chi connectivity index (χ0) is 13.8. The molecule has 2 rings (SSSR count). The average Bonchev–Trinajstić information content (AvgIpc) is 2.79. The number of aromatic nitrogens is 2. The summed E-state index contributed by atoms with van der Waals surface area (Å²) in [7, 11) is 0. The number of rotatable bonds is 4. The second-order valence-electron chi connectivity index (χ2n) is 4.27. The van der Waals surface area contributed by atoms with E-state index in [0.29, 0.717) is 11.6 Å². The third-order valence-corrected chi connectivity index (χ3v) is 3.52. The molecule has 100 valence electrons. The van der Waals surface area contributed by atoms with Crippen LogP contribution in [-0.4, -0.2) is 27.3 Å². The Kier molecular flexibility index (Phi) is 4.24. The first kappa shape index (κ1) is 13.6. The molecule has 6 heteroatoms. The van der Waals surface area contributed by atoms with Gasteiger partial charge in [-0.1, -0.05) is 35.6 Å². The van der Waals surface area contributed by atoms with Crippen molar-refractivity contribution >= 4 is 22.4 Å². The lowest BCUT2D eigenvalue weighted by Gasteiger charge is -2.02. The van der Waals surface area contributed by atoms with Crippen molar-refractivity contribution in [2.24, 2.45) is 0 Å². The molecule has 0 saturated carbocycles. The van der Waals surface area contributed by atoms with Gasteiger partial charge in [0.2, 0.25) is 5.13 Å². The minimum Gasteiger partial charge on any atom is -0.384 e. The third-order valence-electron chi connectivity index (χ3n) is 2.68. The van der Waals surface area contributed by atoms with Crippen LogP contribution in [-0.2, 0) is 11.2 Å². The fourth-order valence-corrected chi connectivity index (χ4v) is 2.32. The molecule has 19 heavy (non-hydrogen) atoms. The van der Waals surface area contributed by atoms with Gasteiger partial charge < -0.3 is 5.11 Å². The number of amides is 1. The fraction of sp³-hybridized carbons (Fsp3) is 0.308. The molecule has 1 aromatic carbocycles. The number of carbonyl (C=O) groups is 1. The predicted molar refractivity (Wildman–Crippen MR) is 74.2 cm³/mol. The summed E-state index contributed by atoms with van der Waals surface area (Å²) >= 11 is 1.32. The third kappa shape index (κ3) is 3.59. The van der Waals surface area contributed by atoms with Crippen LogP contribution in [0, 0.1) is 6.92 Å². The Morgan fingerprint density at radius 1 is 1.42 bits per heavy atom. The zero-order valence-electron chi connectivity index (χ0n) is 10.8. The van der Waals surface area contributed by atoms with Crippen molar-refractivity contribution in [2.45, 2.75) is 26.4 Å². The highest BCUT2D eigenvalue weighted by Crippen LogP contribution is 2.20. The maximum atomic E-state index is 11.3. The summed E-state index contributed by atoms with van der Waals surface area (Å²) in [5.74, 6) is -0.474. The number of hydrogen-bond donors (Lipinski definition) is 2. The monoisotopic (exact) mass is 277 g/mol. The molecule has 2 N–H and O–H groups in total. The summed E-state index contributed by atoms with van der Waals surface area (Å²) in [6, 6.07) is 8.07. The van der Waals surface area contributed by atoms with E-state index in [1.54, 1.807) is 0 Å². The summed E-state index contributed by atoms with van der Waals surface area (Å²) in [6.07, 6.45) is -0.363. The first-order chi connectivity index (χ1) is 9.06. The Hall–Kier alpha value is -1.79. The number of carbonyl (C=O) groups excluding carboxylic acids is 1. The summed E-state index contributed by atoms with van der Waals surface area (Å²) in [5, 5.41) is 20.8. The van der Waals surface area contributed by atoms with Crippen LogP contribution in [0.5, 0.6) is 0 Å². The number of aliphatic hydroxyl groups is 1. The van der Waals surface area contributed by atoms with E-state index in [-0.39, 0.29) is 0 Å². The number of hydrogen-bond acceptors (Lipinski definition) is 5. The smallest absolute Gasteiger partial charge is 0.254 e. The Morgan fingerprint density at radius 2 is 2.16 bits per heavy atom. The van der Waals surface area contributed by atoms with Gasteiger partial charge in [-0.3, -0.25) is 10.1 Å². The van der Waals surface area contributed by atoms with Crippen LogP contribution in [0.3, 0.4) is 0 Å². The zero-order valence-corrected chi connectivity index (χ0v) is 11.6. The lowest BCUT2D eigenvalue weighted by atomic mass is 10.1. The van der Waals surface area contributed by atoms with Crippen LogP contribution in [0.25, 0.3) is 0 Å². The van der Waals surface area contributed by atoms with Gasteiger partial charge in [-0.25, -0.2) is 0 Å². The van der Waals surface area contributed by atoms with Gasteiger partial charge in [-0.2, -0.15) is 0 Å². The minimum absolute atomic E-state index is 0.412. The number of nitrogens with one attached hydrogen (secondary N) is 1. The first-order valence-corrected chi connectivity index (χ1v) is 6.73. The van der Waals surface area contributed by atoms with Gasteiger partial charge in [-0.15, -0.1) is 10.2 Å². The predicted octanol–water partition coefficient (Wildman–Crippen LogP) is 1.76. The molecule has 0 aliphatic heterocycles. The van der Waals surface area contributed by atoms with Crippen LogP contribution < -0.4 is 5.32 Å². The Labute approximate surface area is 115 Å². The second kappa shape index (κ2) is 5.90. The highest BCUT2D eigenvalue weighted by Gasteiger charge is 2.12. The summed E-state index contributed by atoms with van der Waals surface area (Å²) in [5.41, 5.74) is 2.39. The van der Waals surface area contributed by atoms with E-state index in [1.165, 1.54) is 29.4 Å². The summed E-state index contributed by atoms with van der Waals surface area (Å²) in [6.45, 7) is 3.46. The van der Waals surface area contributed by atoms with Crippen molar-refractivity contribution in [3.05, 3.63) is 40.4 Å². The highest BCUT2D eigenvalue weighted by molar-refractivity contribution is 7.15. The number of nitrogens with zero attached hydrogens (tertiary/aromatic N) is 2. The maximum absolute atomic E-state index is 11.3. The van der Waals surface area contributed by atoms with E-state index in [9.17, 15) is 4.79 Å². The Bertz CT molecular complexity index is 581. The number of aliphatic hydroxyl groups excluding tert-OH is 1. The SMILES string of the molecule is Cc1ccccc1Cc1nnc(NC(=O)[C@@H](C)O)s1. The standard InChI is InChI=1S/C13H15N3O2S/c1-8-5-3-4-6-10(8)7-11-15-16-13(19-11)14-12(18)9(2)17/h3-6,9,17H,7H2,1-2H3,(H,14,16,18)/t9-/m1/s1. The maximum Gasteiger partial charge on any atom is 0.254 e. The molecule has 5 nitrogen and oxygen atoms in total. The molecule has 1 amide bonds. The lowest BCUT2D eigenvalue weighted by molar-refractivity contribution is -0.123. The molecule has 0 aliphatic carbocycles. The molecule has 1 heterocycles. The first-order valence-electron chi connectivity index (χ1n) is 5.92. The van der Waals surface area contributed by atoms with Crippen molar-refractivity contribution < 1.29 is 9.90 Å². The molecule has 1 atom stereocenters. The van der Waals surface area contributed by atoms with Crippen molar-refractivity contribution in [2.75, 3.05) is 5.32 Å². The fourth-order valence-electron chi connectivity index (χ4n) is 1.56. The summed E-state index contributed by atoms with van der Waals surface area (Å²) < 4.78 is 0. The van der Waals surface area contributed by atoms with Crippen LogP contribution in [0.1, 0.15) is 23.1 Å². The molecule has 0 fully saturated rings. The van der Waals surface area contributed by atoms with Crippen molar-refractivity contribution in [3.63, 3.8) is 0 Å². The van der Waals surface area contributed by atoms with Crippen LogP contribution in [0.2, 0.25) is 0 Å². The van der Waals surface area contributed by atoms with E-state index in [0.717, 1.165) is 5.01 Å². The van der Waals surface area contributed by atoms with E-state index >= 15 is 0 Å². The molecule has 1 aromatic heterocycles. The minimum atomic E-state index is -1.05. The van der Waals surface area contributed by atoms with E-state index in [4.69, 9.17) is 5.11 Å². The molecule has 0 aliphatic rings. The molecule has 0 saturated heterocycles. The quantitative estimate of drug-likeness (QED) is 0.893. The molecule has 0 unspecified atom stereocenters. The van der Waals surface area contributed by atoms with Crippen molar-refractivity contribution in [3.8, 4) is 0 Å². The van der Waals surface area contributed by atoms with Gasteiger partial charge in [0, 0.05) is 6.42 Å². The molecule has 2 aromatic rings. The van der Waals surface area contributed by atoms with Gasteiger partial charge in [0.1, 0.15) is 11.1 Å². The molecule has 0 radical (unpaired) electrons. The lowest BCUT2D eigenvalue weighted by Crippen LogP contribution is -2.24. The molecular formula is C13H15N3O2S. The van der Waals surface area contributed by atoms with Gasteiger partial charge in [0.15, 0.2) is 0 Å². The number of aryl methyl sites for hydroxylation is 1. The van der Waals surface area contributed by atoms with Gasteiger partial charge >= 0.3 is 0 Å². The number of anilines is 1. The van der Waals surface area contributed by atoms with Gasteiger partial charge in [0.05, 0.1) is 0 Å². The van der Waals surface area contributed by atoms with E-state index in [1.807, 2.05) is 31.2 Å². The second-order valence-corrected chi connectivity index (χ2v) is 5.33. The van der Waals surface area contributed by atoms with Gasteiger partial charge in [-0.05, 0) is 25.0 Å². The van der Waals surface area contributed by atoms with Crippen molar-refractivity contribution in [1.29, 1.82) is 0 Å². The number of benzene rings is 1. The van der Waals surface area contributed by atoms with Crippen LogP contribution in [0.15, 0.2) is 24.3 Å². The Balaban J connectivity index is 2.06. The topological polar surface area (TPSA) is 75.1 Å². The summed E-state index contributed by atoms with van der Waals surface area (Å²) in [4.78, 5) is 11.3. The molecule has 0 spiro atoms. The molecular weight excluding hydrogens is 262 g/mol. The highest BCUT2D eigenvalue weighted by atomic mass is 32.1. The average molecular weight is 277 g/mol.